The maximum atomic E-state index is 12.1. The normalized spacial score (nSPS) is 12.2. The van der Waals surface area contributed by atoms with Crippen molar-refractivity contribution in [3.8, 4) is 11.5 Å². The van der Waals surface area contributed by atoms with Gasteiger partial charge in [0.1, 0.15) is 0 Å². The smallest absolute Gasteiger partial charge is 0.234 e. The standard InChI is InChI=1S/C15H15N3O5S/c1-8(19)10-3-12-13(22-7-21-12)4-11(10)17-15(20)6-24-5-14-16-9(2)23-18-14/h3-4H,5-7H2,1-2H3,(H,17,20). The van der Waals surface area contributed by atoms with Gasteiger partial charge in [0.25, 0.3) is 0 Å². The molecule has 0 fully saturated rings. The van der Waals surface area contributed by atoms with Crippen LogP contribution < -0.4 is 14.8 Å². The number of ether oxygens (including phenoxy) is 2. The van der Waals surface area contributed by atoms with Gasteiger partial charge in [-0.05, 0) is 13.0 Å². The van der Waals surface area contributed by atoms with E-state index in [9.17, 15) is 9.59 Å². The second-order valence-corrected chi connectivity index (χ2v) is 6.06. The van der Waals surface area contributed by atoms with Crippen molar-refractivity contribution in [2.45, 2.75) is 19.6 Å². The summed E-state index contributed by atoms with van der Waals surface area (Å²) in [6, 6.07) is 3.18. The van der Waals surface area contributed by atoms with Gasteiger partial charge in [-0.3, -0.25) is 9.59 Å². The minimum Gasteiger partial charge on any atom is -0.454 e. The van der Waals surface area contributed by atoms with Crippen LogP contribution in [0.5, 0.6) is 11.5 Å². The van der Waals surface area contributed by atoms with Crippen LogP contribution in [0, 0.1) is 6.92 Å². The summed E-state index contributed by atoms with van der Waals surface area (Å²) >= 11 is 1.35. The monoisotopic (exact) mass is 349 g/mol. The van der Waals surface area contributed by atoms with Crippen molar-refractivity contribution in [3.05, 3.63) is 29.4 Å². The number of carbonyl (C=O) groups is 2. The van der Waals surface area contributed by atoms with E-state index in [0.717, 1.165) is 0 Å². The molecule has 0 unspecified atom stereocenters. The average molecular weight is 349 g/mol. The third-order valence-electron chi connectivity index (χ3n) is 3.20. The summed E-state index contributed by atoms with van der Waals surface area (Å²) in [5.41, 5.74) is 0.791. The quantitative estimate of drug-likeness (QED) is 0.792. The predicted octanol–water partition coefficient (Wildman–Crippen LogP) is 2.18. The zero-order chi connectivity index (χ0) is 17.1. The van der Waals surface area contributed by atoms with Crippen molar-refractivity contribution < 1.29 is 23.6 Å². The minimum atomic E-state index is -0.235. The molecular formula is C15H15N3O5S. The van der Waals surface area contributed by atoms with Crippen LogP contribution in [0.1, 0.15) is 29.0 Å². The van der Waals surface area contributed by atoms with Gasteiger partial charge in [0.05, 0.1) is 17.2 Å². The topological polar surface area (TPSA) is 104 Å². The first-order chi connectivity index (χ1) is 11.5. The Bertz CT molecular complexity index is 789. The molecule has 1 N–H and O–H groups in total. The number of aromatic nitrogens is 2. The number of fused-ring (bicyclic) bond motifs is 1. The van der Waals surface area contributed by atoms with Crippen LogP contribution in [-0.2, 0) is 10.5 Å². The molecule has 0 aliphatic carbocycles. The molecule has 2 heterocycles. The van der Waals surface area contributed by atoms with Gasteiger partial charge in [-0.15, -0.1) is 11.8 Å². The maximum Gasteiger partial charge on any atom is 0.234 e. The zero-order valence-electron chi connectivity index (χ0n) is 13.1. The highest BCUT2D eigenvalue weighted by atomic mass is 32.2. The summed E-state index contributed by atoms with van der Waals surface area (Å²) < 4.78 is 15.4. The number of aryl methyl sites for hydroxylation is 1. The van der Waals surface area contributed by atoms with Crippen molar-refractivity contribution in [2.24, 2.45) is 0 Å². The van der Waals surface area contributed by atoms with Crippen LogP contribution in [0.15, 0.2) is 16.7 Å². The lowest BCUT2D eigenvalue weighted by Crippen LogP contribution is -2.16. The number of ketones is 1. The third kappa shape index (κ3) is 3.67. The van der Waals surface area contributed by atoms with Crippen LogP contribution in [0.2, 0.25) is 0 Å². The molecule has 0 bridgehead atoms. The highest BCUT2D eigenvalue weighted by Crippen LogP contribution is 2.37. The Morgan fingerprint density at radius 2 is 2.04 bits per heavy atom. The predicted molar refractivity (Wildman–Crippen MR) is 86.4 cm³/mol. The van der Waals surface area contributed by atoms with Gasteiger partial charge in [-0.2, -0.15) is 4.98 Å². The van der Waals surface area contributed by atoms with Crippen LogP contribution in [-0.4, -0.2) is 34.4 Å². The van der Waals surface area contributed by atoms with E-state index in [-0.39, 0.29) is 24.2 Å². The minimum absolute atomic E-state index is 0.101. The Morgan fingerprint density at radius 3 is 2.71 bits per heavy atom. The number of carbonyl (C=O) groups excluding carboxylic acids is 2. The number of anilines is 1. The summed E-state index contributed by atoms with van der Waals surface area (Å²) in [5.74, 6) is 2.29. The highest BCUT2D eigenvalue weighted by molar-refractivity contribution is 7.99. The Balaban J connectivity index is 1.62. The first-order valence-corrected chi connectivity index (χ1v) is 8.30. The van der Waals surface area contributed by atoms with E-state index in [2.05, 4.69) is 15.5 Å². The molecule has 1 aliphatic heterocycles. The lowest BCUT2D eigenvalue weighted by molar-refractivity contribution is -0.113. The van der Waals surface area contributed by atoms with Crippen molar-refractivity contribution in [1.29, 1.82) is 0 Å². The lowest BCUT2D eigenvalue weighted by Gasteiger charge is -2.10. The molecule has 0 spiro atoms. The molecule has 2 aromatic rings. The Kier molecular flexibility index (Phi) is 4.70. The molecule has 0 saturated carbocycles. The summed E-state index contributed by atoms with van der Waals surface area (Å²) in [4.78, 5) is 27.9. The Morgan fingerprint density at radius 1 is 1.29 bits per heavy atom. The fourth-order valence-electron chi connectivity index (χ4n) is 2.16. The van der Waals surface area contributed by atoms with Crippen molar-refractivity contribution in [3.63, 3.8) is 0 Å². The second kappa shape index (κ2) is 6.91. The summed E-state index contributed by atoms with van der Waals surface area (Å²) in [6.45, 7) is 3.24. The number of Topliss-reactive ketones (excluding diaryl/α,β-unsaturated/α-hetero) is 1. The Labute approximate surface area is 141 Å². The highest BCUT2D eigenvalue weighted by Gasteiger charge is 2.20. The number of thioether (sulfide) groups is 1. The van der Waals surface area contributed by atoms with Gasteiger partial charge >= 0.3 is 0 Å². The van der Waals surface area contributed by atoms with Gasteiger partial charge < -0.3 is 19.3 Å². The molecule has 0 radical (unpaired) electrons. The van der Waals surface area contributed by atoms with Gasteiger partial charge in [-0.25, -0.2) is 0 Å². The van der Waals surface area contributed by atoms with E-state index in [1.807, 2.05) is 0 Å². The molecule has 9 heteroatoms. The summed E-state index contributed by atoms with van der Waals surface area (Å²) in [7, 11) is 0. The number of amides is 1. The van der Waals surface area contributed by atoms with Gasteiger partial charge in [-0.1, -0.05) is 5.16 Å². The van der Waals surface area contributed by atoms with Crippen LogP contribution in [0.4, 0.5) is 5.69 Å². The van der Waals surface area contributed by atoms with Crippen molar-refractivity contribution in [1.82, 2.24) is 10.1 Å². The zero-order valence-corrected chi connectivity index (χ0v) is 13.9. The number of benzene rings is 1. The van der Waals surface area contributed by atoms with Gasteiger partial charge in [0, 0.05) is 18.6 Å². The van der Waals surface area contributed by atoms with Crippen LogP contribution in [0.3, 0.4) is 0 Å². The molecule has 1 amide bonds. The number of hydrogen-bond donors (Lipinski definition) is 1. The molecule has 1 aliphatic rings. The number of hydrogen-bond acceptors (Lipinski definition) is 8. The van der Waals surface area contributed by atoms with E-state index in [1.54, 1.807) is 19.1 Å². The lowest BCUT2D eigenvalue weighted by atomic mass is 10.1. The number of nitrogens with one attached hydrogen (secondary N) is 1. The van der Waals surface area contributed by atoms with Crippen LogP contribution in [0.25, 0.3) is 0 Å². The molecule has 0 saturated heterocycles. The molecule has 126 valence electrons. The molecule has 8 nitrogen and oxygen atoms in total. The SMILES string of the molecule is CC(=O)c1cc2c(cc1NC(=O)CSCc1noc(C)n1)OCO2. The van der Waals surface area contributed by atoms with Crippen LogP contribution >= 0.6 is 11.8 Å². The van der Waals surface area contributed by atoms with Gasteiger partial charge in [0.15, 0.2) is 23.1 Å². The van der Waals surface area contributed by atoms with E-state index in [4.69, 9.17) is 14.0 Å². The number of rotatable bonds is 6. The third-order valence-corrected chi connectivity index (χ3v) is 4.13. The number of nitrogens with zero attached hydrogens (tertiary/aromatic N) is 2. The summed E-state index contributed by atoms with van der Waals surface area (Å²) in [6.07, 6.45) is 0. The molecule has 24 heavy (non-hydrogen) atoms. The maximum absolute atomic E-state index is 12.1. The Hall–Kier alpha value is -2.55. The molecule has 1 aromatic carbocycles. The molecule has 3 rings (SSSR count). The largest absolute Gasteiger partial charge is 0.454 e. The van der Waals surface area contributed by atoms with E-state index < -0.39 is 0 Å². The first-order valence-electron chi connectivity index (χ1n) is 7.14. The first kappa shape index (κ1) is 16.3. The fourth-order valence-corrected chi connectivity index (χ4v) is 2.82. The molecule has 0 atom stereocenters. The molecular weight excluding hydrogens is 334 g/mol. The van der Waals surface area contributed by atoms with E-state index >= 15 is 0 Å². The summed E-state index contributed by atoms with van der Waals surface area (Å²) in [5, 5.41) is 6.49. The van der Waals surface area contributed by atoms with E-state index in [0.29, 0.717) is 40.2 Å². The van der Waals surface area contributed by atoms with Gasteiger partial charge in [0.2, 0.25) is 18.6 Å². The molecule has 1 aromatic heterocycles. The van der Waals surface area contributed by atoms with Crippen molar-refractivity contribution in [2.75, 3.05) is 17.9 Å². The van der Waals surface area contributed by atoms with E-state index in [1.165, 1.54) is 18.7 Å². The average Bonchev–Trinajstić information content (AvgIpc) is 3.14. The second-order valence-electron chi connectivity index (χ2n) is 5.08. The fraction of sp³-hybridized carbons (Fsp3) is 0.333. The van der Waals surface area contributed by atoms with Crippen molar-refractivity contribution >= 4 is 29.1 Å².